The molecule has 1 aromatic heterocycles. The average molecular weight is 495 g/mol. The SMILES string of the molecule is Cc1cc(-n2c(C)cc(/C=C3\SC(=O)N(CCc4ccccc4)C3=O)c2C)ccc1Br. The second-order valence-electron chi connectivity index (χ2n) is 7.66. The summed E-state index contributed by atoms with van der Waals surface area (Å²) in [5, 5.41) is -0.204. The van der Waals surface area contributed by atoms with Crippen LogP contribution in [0.2, 0.25) is 0 Å². The third-order valence-corrected chi connectivity index (χ3v) is 7.29. The molecule has 2 amide bonds. The molecule has 4 rings (SSSR count). The minimum atomic E-state index is -0.213. The Morgan fingerprint density at radius 1 is 1.00 bits per heavy atom. The number of thioether (sulfide) groups is 1. The predicted octanol–water partition coefficient (Wildman–Crippen LogP) is 6.44. The Morgan fingerprint density at radius 3 is 2.45 bits per heavy atom. The normalized spacial score (nSPS) is 15.4. The molecule has 0 unspecified atom stereocenters. The molecule has 0 atom stereocenters. The molecule has 1 fully saturated rings. The van der Waals surface area contributed by atoms with E-state index in [0.717, 1.165) is 50.0 Å². The molecule has 6 heteroatoms. The van der Waals surface area contributed by atoms with Gasteiger partial charge in [0.15, 0.2) is 0 Å². The lowest BCUT2D eigenvalue weighted by molar-refractivity contribution is -0.122. The Kier molecular flexibility index (Phi) is 6.21. The highest BCUT2D eigenvalue weighted by Gasteiger charge is 2.34. The van der Waals surface area contributed by atoms with Gasteiger partial charge >= 0.3 is 0 Å². The molecule has 1 aliphatic rings. The van der Waals surface area contributed by atoms with Crippen molar-refractivity contribution in [1.82, 2.24) is 9.47 Å². The van der Waals surface area contributed by atoms with E-state index in [2.05, 4.69) is 45.6 Å². The van der Waals surface area contributed by atoms with Crippen LogP contribution in [0.4, 0.5) is 4.79 Å². The van der Waals surface area contributed by atoms with E-state index in [4.69, 9.17) is 0 Å². The van der Waals surface area contributed by atoms with Gasteiger partial charge in [-0.1, -0.05) is 46.3 Å². The second-order valence-corrected chi connectivity index (χ2v) is 9.51. The number of imide groups is 1. The van der Waals surface area contributed by atoms with Gasteiger partial charge in [0, 0.05) is 28.1 Å². The van der Waals surface area contributed by atoms with Crippen molar-refractivity contribution in [1.29, 1.82) is 0 Å². The van der Waals surface area contributed by atoms with Crippen LogP contribution in [-0.4, -0.2) is 27.2 Å². The molecule has 31 heavy (non-hydrogen) atoms. The number of rotatable bonds is 5. The Bertz CT molecular complexity index is 1200. The van der Waals surface area contributed by atoms with Crippen molar-refractivity contribution < 1.29 is 9.59 Å². The second kappa shape index (κ2) is 8.89. The largest absolute Gasteiger partial charge is 0.318 e. The summed E-state index contributed by atoms with van der Waals surface area (Å²) in [7, 11) is 0. The molecule has 0 saturated carbocycles. The van der Waals surface area contributed by atoms with Crippen molar-refractivity contribution >= 4 is 44.9 Å². The van der Waals surface area contributed by atoms with Gasteiger partial charge in [-0.25, -0.2) is 0 Å². The number of benzene rings is 2. The average Bonchev–Trinajstić information content (AvgIpc) is 3.18. The van der Waals surface area contributed by atoms with Crippen LogP contribution in [-0.2, 0) is 11.2 Å². The molecular weight excluding hydrogens is 472 g/mol. The van der Waals surface area contributed by atoms with Crippen LogP contribution in [0.25, 0.3) is 11.8 Å². The van der Waals surface area contributed by atoms with E-state index in [1.165, 1.54) is 4.90 Å². The number of carbonyl (C=O) groups is 2. The van der Waals surface area contributed by atoms with Crippen LogP contribution >= 0.6 is 27.7 Å². The first-order valence-electron chi connectivity index (χ1n) is 10.1. The summed E-state index contributed by atoms with van der Waals surface area (Å²) in [6.07, 6.45) is 2.50. The molecule has 2 heterocycles. The first-order chi connectivity index (χ1) is 14.8. The quantitative estimate of drug-likeness (QED) is 0.383. The topological polar surface area (TPSA) is 42.3 Å². The fraction of sp³-hybridized carbons (Fsp3) is 0.200. The number of hydrogen-bond donors (Lipinski definition) is 0. The van der Waals surface area contributed by atoms with Gasteiger partial charge in [0.05, 0.1) is 4.91 Å². The molecule has 1 aliphatic heterocycles. The summed E-state index contributed by atoms with van der Waals surface area (Å²) in [5.41, 5.74) is 6.41. The highest BCUT2D eigenvalue weighted by molar-refractivity contribution is 9.10. The molecule has 0 bridgehead atoms. The van der Waals surface area contributed by atoms with Crippen LogP contribution in [0.3, 0.4) is 0 Å². The van der Waals surface area contributed by atoms with Gasteiger partial charge in [0.1, 0.15) is 0 Å². The van der Waals surface area contributed by atoms with E-state index in [1.54, 1.807) is 0 Å². The molecule has 0 aliphatic carbocycles. The van der Waals surface area contributed by atoms with Gasteiger partial charge in [0.25, 0.3) is 11.1 Å². The summed E-state index contributed by atoms with van der Waals surface area (Å²) >= 11 is 4.57. The van der Waals surface area contributed by atoms with Gasteiger partial charge in [-0.15, -0.1) is 0 Å². The minimum absolute atomic E-state index is 0.204. The van der Waals surface area contributed by atoms with Crippen molar-refractivity contribution in [3.63, 3.8) is 0 Å². The lowest BCUT2D eigenvalue weighted by Crippen LogP contribution is -2.30. The van der Waals surface area contributed by atoms with Crippen molar-refractivity contribution in [2.75, 3.05) is 6.54 Å². The molecular formula is C25H23BrN2O2S. The summed E-state index contributed by atoms with van der Waals surface area (Å²) in [4.78, 5) is 27.2. The summed E-state index contributed by atoms with van der Waals surface area (Å²) in [6.45, 7) is 6.54. The van der Waals surface area contributed by atoms with Gasteiger partial charge < -0.3 is 4.57 Å². The summed E-state index contributed by atoms with van der Waals surface area (Å²) in [5.74, 6) is -0.213. The summed E-state index contributed by atoms with van der Waals surface area (Å²) in [6, 6.07) is 18.2. The fourth-order valence-electron chi connectivity index (χ4n) is 3.82. The first kappa shape index (κ1) is 21.7. The predicted molar refractivity (Wildman–Crippen MR) is 131 cm³/mol. The minimum Gasteiger partial charge on any atom is -0.318 e. The van der Waals surface area contributed by atoms with E-state index >= 15 is 0 Å². The Labute approximate surface area is 195 Å². The zero-order chi connectivity index (χ0) is 22.1. The maximum absolute atomic E-state index is 12.9. The standard InChI is InChI=1S/C25H23BrN2O2S/c1-16-13-21(9-10-22(16)26)28-17(2)14-20(18(28)3)15-23-24(29)27(25(30)31-23)12-11-19-7-5-4-6-8-19/h4-10,13-15H,11-12H2,1-3H3/b23-15-. The Morgan fingerprint density at radius 2 is 1.74 bits per heavy atom. The molecule has 1 saturated heterocycles. The number of carbonyl (C=O) groups excluding carboxylic acids is 2. The van der Waals surface area contributed by atoms with E-state index in [1.807, 2.05) is 56.3 Å². The number of aryl methyl sites for hydroxylation is 2. The van der Waals surface area contributed by atoms with E-state index in [0.29, 0.717) is 17.9 Å². The number of hydrogen-bond acceptors (Lipinski definition) is 3. The highest BCUT2D eigenvalue weighted by atomic mass is 79.9. The van der Waals surface area contributed by atoms with Crippen molar-refractivity contribution in [2.24, 2.45) is 0 Å². The molecule has 0 spiro atoms. The third-order valence-electron chi connectivity index (χ3n) is 5.50. The van der Waals surface area contributed by atoms with Crippen molar-refractivity contribution in [3.05, 3.63) is 92.1 Å². The van der Waals surface area contributed by atoms with E-state index in [-0.39, 0.29) is 11.1 Å². The summed E-state index contributed by atoms with van der Waals surface area (Å²) < 4.78 is 3.24. The Balaban J connectivity index is 1.58. The number of aromatic nitrogens is 1. The lowest BCUT2D eigenvalue weighted by atomic mass is 10.1. The molecule has 2 aromatic carbocycles. The van der Waals surface area contributed by atoms with Gasteiger partial charge in [-0.2, -0.15) is 0 Å². The van der Waals surface area contributed by atoms with Crippen molar-refractivity contribution in [2.45, 2.75) is 27.2 Å². The van der Waals surface area contributed by atoms with Crippen LogP contribution in [0.1, 0.15) is 28.1 Å². The molecule has 158 valence electrons. The molecule has 0 N–H and O–H groups in total. The van der Waals surface area contributed by atoms with Crippen LogP contribution in [0.15, 0.2) is 64.0 Å². The van der Waals surface area contributed by atoms with Crippen LogP contribution < -0.4 is 0 Å². The maximum Gasteiger partial charge on any atom is 0.293 e. The number of nitrogens with zero attached hydrogens (tertiary/aromatic N) is 2. The number of halogens is 1. The van der Waals surface area contributed by atoms with Crippen LogP contribution in [0, 0.1) is 20.8 Å². The molecule has 0 radical (unpaired) electrons. The van der Waals surface area contributed by atoms with Crippen LogP contribution in [0.5, 0.6) is 0 Å². The van der Waals surface area contributed by atoms with E-state index in [9.17, 15) is 9.59 Å². The zero-order valence-electron chi connectivity index (χ0n) is 17.7. The smallest absolute Gasteiger partial charge is 0.293 e. The zero-order valence-corrected chi connectivity index (χ0v) is 20.1. The lowest BCUT2D eigenvalue weighted by Gasteiger charge is -2.12. The molecule has 4 nitrogen and oxygen atoms in total. The van der Waals surface area contributed by atoms with Gasteiger partial charge in [-0.3, -0.25) is 14.5 Å². The van der Waals surface area contributed by atoms with Crippen molar-refractivity contribution in [3.8, 4) is 5.69 Å². The fourth-order valence-corrected chi connectivity index (χ4v) is 4.92. The third kappa shape index (κ3) is 4.41. The number of amides is 2. The maximum atomic E-state index is 12.9. The monoisotopic (exact) mass is 494 g/mol. The van der Waals surface area contributed by atoms with Gasteiger partial charge in [0.2, 0.25) is 0 Å². The van der Waals surface area contributed by atoms with Gasteiger partial charge in [-0.05, 0) is 86.0 Å². The first-order valence-corrected chi connectivity index (χ1v) is 11.7. The Hall–Kier alpha value is -2.57. The van der Waals surface area contributed by atoms with E-state index < -0.39 is 0 Å². The molecule has 3 aromatic rings. The highest BCUT2D eigenvalue weighted by Crippen LogP contribution is 2.34.